The minimum absolute atomic E-state index is 0.104. The lowest BCUT2D eigenvalue weighted by Gasteiger charge is -2.37. The lowest BCUT2D eigenvalue weighted by molar-refractivity contribution is -0.129. The van der Waals surface area contributed by atoms with E-state index < -0.39 is 71.3 Å². The molecular formula is C24H35ClF2N2O6S. The summed E-state index contributed by atoms with van der Waals surface area (Å²) in [5.41, 5.74) is -0.847. The van der Waals surface area contributed by atoms with Crippen LogP contribution >= 0.6 is 23.4 Å². The number of carbonyl (C=O) groups is 1. The van der Waals surface area contributed by atoms with Crippen LogP contribution < -0.4 is 10.6 Å². The summed E-state index contributed by atoms with van der Waals surface area (Å²) in [7, 11) is 0. The van der Waals surface area contributed by atoms with Crippen LogP contribution in [0.15, 0.2) is 18.2 Å². The number of thioether (sulfide) groups is 1. The fourth-order valence-electron chi connectivity index (χ4n) is 5.32. The Bertz CT molecular complexity index is 887. The van der Waals surface area contributed by atoms with Gasteiger partial charge in [-0.15, -0.1) is 23.4 Å². The van der Waals surface area contributed by atoms with Crippen molar-refractivity contribution < 1.29 is 38.7 Å². The minimum Gasteiger partial charge on any atom is -0.394 e. The lowest BCUT2D eigenvalue weighted by atomic mass is 9.84. The number of amides is 1. The van der Waals surface area contributed by atoms with Crippen LogP contribution in [0.3, 0.4) is 0 Å². The Balaban J connectivity index is 1.74. The first kappa shape index (κ1) is 29.5. The van der Waals surface area contributed by atoms with E-state index in [0.717, 1.165) is 17.8 Å². The van der Waals surface area contributed by atoms with Gasteiger partial charge in [-0.3, -0.25) is 4.79 Å². The Kier molecular flexibility index (Phi) is 10.8. The van der Waals surface area contributed by atoms with Crippen molar-refractivity contribution in [3.05, 3.63) is 35.4 Å². The molecule has 8 nitrogen and oxygen atoms in total. The van der Waals surface area contributed by atoms with E-state index in [1.807, 2.05) is 0 Å². The Morgan fingerprint density at radius 2 is 2.06 bits per heavy atom. The van der Waals surface area contributed by atoms with Gasteiger partial charge in [-0.2, -0.15) is 0 Å². The Hall–Kier alpha value is -1.05. The molecule has 0 bridgehead atoms. The summed E-state index contributed by atoms with van der Waals surface area (Å²) in [6, 6.07) is 1.81. The van der Waals surface area contributed by atoms with E-state index in [2.05, 4.69) is 10.6 Å². The van der Waals surface area contributed by atoms with Gasteiger partial charge in [-0.25, -0.2) is 8.78 Å². The van der Waals surface area contributed by atoms with Crippen LogP contribution in [0.5, 0.6) is 0 Å². The van der Waals surface area contributed by atoms with E-state index in [-0.39, 0.29) is 18.4 Å². The highest BCUT2D eigenvalue weighted by molar-refractivity contribution is 7.99. The maximum absolute atomic E-state index is 14.4. The zero-order valence-corrected chi connectivity index (χ0v) is 21.8. The Morgan fingerprint density at radius 1 is 1.33 bits per heavy atom. The van der Waals surface area contributed by atoms with Crippen LogP contribution in [0.25, 0.3) is 0 Å². The van der Waals surface area contributed by atoms with Crippen molar-refractivity contribution in [1.29, 1.82) is 0 Å². The molecule has 3 rings (SSSR count). The average molecular weight is 553 g/mol. The third-order valence-corrected chi connectivity index (χ3v) is 8.25. The first-order valence-corrected chi connectivity index (χ1v) is 13.7. The number of carbonyl (C=O) groups excluding carboxylic acids is 1. The van der Waals surface area contributed by atoms with E-state index in [1.54, 1.807) is 13.2 Å². The molecule has 6 N–H and O–H groups in total. The molecule has 0 aliphatic carbocycles. The molecule has 1 amide bonds. The van der Waals surface area contributed by atoms with E-state index in [9.17, 15) is 34.0 Å². The Morgan fingerprint density at radius 3 is 2.67 bits per heavy atom. The number of alkyl halides is 1. The fourth-order valence-corrected chi connectivity index (χ4v) is 6.01. The van der Waals surface area contributed by atoms with Crippen molar-refractivity contribution in [1.82, 2.24) is 10.6 Å². The quantitative estimate of drug-likeness (QED) is 0.187. The minimum atomic E-state index is -1.47. The van der Waals surface area contributed by atoms with E-state index in [4.69, 9.17) is 16.3 Å². The van der Waals surface area contributed by atoms with Crippen LogP contribution in [-0.4, -0.2) is 93.6 Å². The zero-order chi connectivity index (χ0) is 26.6. The summed E-state index contributed by atoms with van der Waals surface area (Å²) >= 11 is 7.29. The van der Waals surface area contributed by atoms with Crippen molar-refractivity contribution in [3.63, 3.8) is 0 Å². The molecule has 2 fully saturated rings. The van der Waals surface area contributed by atoms with Gasteiger partial charge in [0.2, 0.25) is 5.91 Å². The highest BCUT2D eigenvalue weighted by Crippen LogP contribution is 2.37. The van der Waals surface area contributed by atoms with Crippen molar-refractivity contribution in [2.24, 2.45) is 11.8 Å². The zero-order valence-electron chi connectivity index (χ0n) is 20.2. The third-order valence-electron chi connectivity index (χ3n) is 7.22. The van der Waals surface area contributed by atoms with E-state index in [0.29, 0.717) is 24.9 Å². The van der Waals surface area contributed by atoms with E-state index in [1.165, 1.54) is 12.1 Å². The van der Waals surface area contributed by atoms with Crippen molar-refractivity contribution in [2.45, 2.75) is 66.9 Å². The average Bonchev–Trinajstić information content (AvgIpc) is 3.12. The predicted molar refractivity (Wildman–Crippen MR) is 133 cm³/mol. The van der Waals surface area contributed by atoms with Gasteiger partial charge in [0.15, 0.2) is 0 Å². The van der Waals surface area contributed by atoms with Crippen LogP contribution in [0, 0.1) is 23.5 Å². The summed E-state index contributed by atoms with van der Waals surface area (Å²) < 4.78 is 33.8. The maximum Gasteiger partial charge on any atom is 0.240 e. The SMILES string of the molecule is CSC(O)C(O)C(C(O)CO)C(NC(=O)C1NCC2CC(c3ccc(F)cc3F)CCOC21)C(C)Cl. The molecule has 2 aliphatic heterocycles. The summed E-state index contributed by atoms with van der Waals surface area (Å²) in [6.45, 7) is 1.61. The first-order chi connectivity index (χ1) is 17.1. The van der Waals surface area contributed by atoms with Crippen LogP contribution in [-0.2, 0) is 9.53 Å². The number of aliphatic hydroxyl groups excluding tert-OH is 4. The monoisotopic (exact) mass is 552 g/mol. The summed E-state index contributed by atoms with van der Waals surface area (Å²) in [5.74, 6) is -3.14. The molecule has 2 saturated heterocycles. The second kappa shape index (κ2) is 13.1. The molecule has 0 spiro atoms. The molecule has 1 aromatic rings. The van der Waals surface area contributed by atoms with Crippen LogP contribution in [0.1, 0.15) is 31.2 Å². The summed E-state index contributed by atoms with van der Waals surface area (Å²) in [5, 5.41) is 45.9. The maximum atomic E-state index is 14.4. The van der Waals surface area contributed by atoms with Gasteiger partial charge in [0.25, 0.3) is 0 Å². The smallest absolute Gasteiger partial charge is 0.240 e. The second-order valence-electron chi connectivity index (χ2n) is 9.52. The number of hydrogen-bond donors (Lipinski definition) is 6. The Labute approximate surface area is 218 Å². The van der Waals surface area contributed by atoms with Gasteiger partial charge in [-0.1, -0.05) is 6.07 Å². The number of rotatable bonds is 10. The molecule has 12 heteroatoms. The predicted octanol–water partition coefficient (Wildman–Crippen LogP) is 0.939. The largest absolute Gasteiger partial charge is 0.394 e. The van der Waals surface area contributed by atoms with Gasteiger partial charge < -0.3 is 35.8 Å². The molecule has 2 heterocycles. The number of benzene rings is 1. The highest BCUT2D eigenvalue weighted by atomic mass is 35.5. The molecule has 0 aromatic heterocycles. The van der Waals surface area contributed by atoms with Gasteiger partial charge in [0.1, 0.15) is 23.1 Å². The molecule has 1 aromatic carbocycles. The summed E-state index contributed by atoms with van der Waals surface area (Å²) in [6.07, 6.45) is -0.784. The fraction of sp³-hybridized carbons (Fsp3) is 0.708. The number of hydrogen-bond acceptors (Lipinski definition) is 8. The molecule has 10 unspecified atom stereocenters. The molecule has 204 valence electrons. The number of fused-ring (bicyclic) bond motifs is 1. The number of aliphatic hydroxyl groups is 4. The number of nitrogens with one attached hydrogen (secondary N) is 2. The number of ether oxygens (including phenoxy) is 1. The normalized spacial score (nSPS) is 29.4. The van der Waals surface area contributed by atoms with Crippen LogP contribution in [0.4, 0.5) is 8.78 Å². The van der Waals surface area contributed by atoms with Gasteiger partial charge in [0.05, 0.1) is 36.3 Å². The first-order valence-electron chi connectivity index (χ1n) is 12.0. The topological polar surface area (TPSA) is 131 Å². The van der Waals surface area contributed by atoms with Crippen LogP contribution in [0.2, 0.25) is 0 Å². The standard InChI is InChI=1S/C24H35ClF2N2O6S/c1-11(25)19(18(17(31)10-30)21(32)24(34)36-2)29-23(33)20-22-13(9-28-20)7-12(5-6-35-22)15-4-3-14(26)8-16(15)27/h3-4,8,11-13,17-22,24,28,30-32,34H,5-7,9-10H2,1-2H3,(H,29,33). The lowest BCUT2D eigenvalue weighted by Crippen LogP contribution is -2.59. The molecule has 10 atom stereocenters. The number of halogens is 3. The van der Waals surface area contributed by atoms with Crippen molar-refractivity contribution >= 4 is 29.3 Å². The molecule has 0 radical (unpaired) electrons. The third kappa shape index (κ3) is 6.68. The second-order valence-corrected chi connectivity index (χ2v) is 11.2. The summed E-state index contributed by atoms with van der Waals surface area (Å²) in [4.78, 5) is 13.3. The van der Waals surface area contributed by atoms with Crippen molar-refractivity contribution in [2.75, 3.05) is 26.0 Å². The molecular weight excluding hydrogens is 518 g/mol. The van der Waals surface area contributed by atoms with Crippen molar-refractivity contribution in [3.8, 4) is 0 Å². The molecule has 0 saturated carbocycles. The van der Waals surface area contributed by atoms with Gasteiger partial charge in [0, 0.05) is 31.1 Å². The molecule has 36 heavy (non-hydrogen) atoms. The molecule has 2 aliphatic rings. The highest BCUT2D eigenvalue weighted by Gasteiger charge is 2.46. The van der Waals surface area contributed by atoms with E-state index >= 15 is 0 Å². The van der Waals surface area contributed by atoms with Gasteiger partial charge in [-0.05, 0) is 43.6 Å². The van der Waals surface area contributed by atoms with Gasteiger partial charge >= 0.3 is 0 Å².